The van der Waals surface area contributed by atoms with Crippen molar-refractivity contribution < 1.29 is 19.5 Å². The summed E-state index contributed by atoms with van der Waals surface area (Å²) in [6.45, 7) is 4.44. The molecule has 1 aliphatic rings. The Balaban J connectivity index is 2.06. The van der Waals surface area contributed by atoms with Crippen molar-refractivity contribution in [2.45, 2.75) is 31.9 Å². The Morgan fingerprint density at radius 2 is 2.30 bits per heavy atom. The van der Waals surface area contributed by atoms with E-state index in [-0.39, 0.29) is 11.8 Å². The molecule has 0 saturated heterocycles. The molecule has 1 unspecified atom stereocenters. The minimum absolute atomic E-state index is 0.0996. The van der Waals surface area contributed by atoms with Crippen LogP contribution in [0.3, 0.4) is 0 Å². The molecule has 0 amide bonds. The number of aromatic hydroxyl groups is 1. The van der Waals surface area contributed by atoms with Crippen LogP contribution in [-0.2, 0) is 9.63 Å². The minimum Gasteiger partial charge on any atom is -0.507 e. The molecule has 1 heterocycles. The van der Waals surface area contributed by atoms with Crippen LogP contribution < -0.4 is 10.2 Å². The number of phenolic OH excluding ortho intramolecular Hbond substituents is 1. The van der Waals surface area contributed by atoms with Gasteiger partial charge in [-0.25, -0.2) is 5.48 Å². The number of carbonyl (C=O) groups excluding carboxylic acids is 1. The van der Waals surface area contributed by atoms with Gasteiger partial charge >= 0.3 is 0 Å². The smallest absolute Gasteiger partial charge is 0.145 e. The Labute approximate surface area is 140 Å². The highest BCUT2D eigenvalue weighted by atomic mass is 32.2. The molecule has 0 radical (unpaired) electrons. The van der Waals surface area contributed by atoms with Crippen molar-refractivity contribution >= 4 is 23.1 Å². The maximum Gasteiger partial charge on any atom is 0.145 e. The summed E-state index contributed by atoms with van der Waals surface area (Å²) in [4.78, 5) is 20.2. The van der Waals surface area contributed by atoms with Crippen LogP contribution in [0.2, 0.25) is 0 Å². The molecule has 2 rings (SSSR count). The fourth-order valence-corrected chi connectivity index (χ4v) is 3.15. The SMILES string of the molecule is CNOCCC(C)(C)Oc1ccc(C2=NC(C=O)CS2)c(O)c1. The van der Waals surface area contributed by atoms with Gasteiger partial charge in [-0.15, -0.1) is 11.8 Å². The third-order valence-corrected chi connectivity index (χ3v) is 4.48. The number of hydroxylamine groups is 1. The van der Waals surface area contributed by atoms with Gasteiger partial charge in [0.1, 0.15) is 34.5 Å². The first-order chi connectivity index (χ1) is 10.9. The molecule has 6 nitrogen and oxygen atoms in total. The van der Waals surface area contributed by atoms with Gasteiger partial charge in [0.05, 0.1) is 6.61 Å². The van der Waals surface area contributed by atoms with E-state index >= 15 is 0 Å². The lowest BCUT2D eigenvalue weighted by atomic mass is 10.1. The van der Waals surface area contributed by atoms with Crippen molar-refractivity contribution in [3.8, 4) is 11.5 Å². The van der Waals surface area contributed by atoms with E-state index in [2.05, 4.69) is 10.5 Å². The zero-order chi connectivity index (χ0) is 16.9. The van der Waals surface area contributed by atoms with Gasteiger partial charge in [0.25, 0.3) is 0 Å². The van der Waals surface area contributed by atoms with Crippen LogP contribution in [-0.4, -0.2) is 47.5 Å². The zero-order valence-electron chi connectivity index (χ0n) is 13.5. The molecule has 1 aliphatic heterocycles. The molecule has 7 heteroatoms. The summed E-state index contributed by atoms with van der Waals surface area (Å²) in [6, 6.07) is 4.82. The second-order valence-corrected chi connectivity index (χ2v) is 6.80. The predicted molar refractivity (Wildman–Crippen MR) is 91.3 cm³/mol. The molecule has 126 valence electrons. The number of nitrogens with one attached hydrogen (secondary N) is 1. The molecule has 23 heavy (non-hydrogen) atoms. The predicted octanol–water partition coefficient (Wildman–Crippen LogP) is 2.15. The molecule has 0 aliphatic carbocycles. The van der Waals surface area contributed by atoms with Crippen LogP contribution in [0.15, 0.2) is 23.2 Å². The number of nitrogens with zero attached hydrogens (tertiary/aromatic N) is 1. The number of benzene rings is 1. The third-order valence-electron chi connectivity index (χ3n) is 3.38. The summed E-state index contributed by atoms with van der Waals surface area (Å²) in [5.74, 6) is 1.30. The molecule has 0 spiro atoms. The molecular formula is C16H22N2O4S. The second kappa shape index (κ2) is 7.81. The first kappa shape index (κ1) is 17.8. The minimum atomic E-state index is -0.424. The molecule has 0 saturated carbocycles. The van der Waals surface area contributed by atoms with E-state index in [0.29, 0.717) is 35.1 Å². The number of hydrogen-bond acceptors (Lipinski definition) is 7. The number of carbonyl (C=O) groups is 1. The van der Waals surface area contributed by atoms with Gasteiger partial charge in [0.15, 0.2) is 0 Å². The van der Waals surface area contributed by atoms with Gasteiger partial charge in [-0.2, -0.15) is 0 Å². The third kappa shape index (κ3) is 4.95. The molecule has 0 fully saturated rings. The van der Waals surface area contributed by atoms with Crippen LogP contribution in [0.5, 0.6) is 11.5 Å². The first-order valence-corrected chi connectivity index (χ1v) is 8.40. The van der Waals surface area contributed by atoms with E-state index in [1.807, 2.05) is 13.8 Å². The molecule has 0 bridgehead atoms. The molecule has 2 N–H and O–H groups in total. The topological polar surface area (TPSA) is 80.1 Å². The molecule has 1 aromatic rings. The molecule has 1 atom stereocenters. The Morgan fingerprint density at radius 3 is 2.91 bits per heavy atom. The van der Waals surface area contributed by atoms with Gasteiger partial charge in [0, 0.05) is 30.9 Å². The van der Waals surface area contributed by atoms with Crippen LogP contribution in [0.4, 0.5) is 0 Å². The van der Waals surface area contributed by atoms with Gasteiger partial charge in [-0.05, 0) is 26.0 Å². The van der Waals surface area contributed by atoms with Crippen molar-refractivity contribution in [3.05, 3.63) is 23.8 Å². The molecule has 1 aromatic carbocycles. The number of phenols is 1. The number of hydrogen-bond donors (Lipinski definition) is 2. The highest BCUT2D eigenvalue weighted by molar-refractivity contribution is 8.14. The Bertz CT molecular complexity index is 589. The lowest BCUT2D eigenvalue weighted by Gasteiger charge is -2.26. The summed E-state index contributed by atoms with van der Waals surface area (Å²) in [5, 5.41) is 10.9. The quantitative estimate of drug-likeness (QED) is 0.429. The highest BCUT2D eigenvalue weighted by Crippen LogP contribution is 2.32. The van der Waals surface area contributed by atoms with Crippen molar-refractivity contribution in [3.63, 3.8) is 0 Å². The van der Waals surface area contributed by atoms with Gasteiger partial charge < -0.3 is 19.5 Å². The monoisotopic (exact) mass is 338 g/mol. The van der Waals surface area contributed by atoms with Crippen LogP contribution in [0.1, 0.15) is 25.8 Å². The first-order valence-electron chi connectivity index (χ1n) is 7.42. The average molecular weight is 338 g/mol. The van der Waals surface area contributed by atoms with E-state index in [4.69, 9.17) is 9.57 Å². The van der Waals surface area contributed by atoms with Gasteiger partial charge in [-0.3, -0.25) is 4.99 Å². The average Bonchev–Trinajstić information content (AvgIpc) is 2.95. The summed E-state index contributed by atoms with van der Waals surface area (Å²) in [6.07, 6.45) is 1.52. The lowest BCUT2D eigenvalue weighted by molar-refractivity contribution is -0.108. The maximum absolute atomic E-state index is 10.8. The number of rotatable bonds is 8. The number of thioether (sulfide) groups is 1. The van der Waals surface area contributed by atoms with Crippen molar-refractivity contribution in [2.24, 2.45) is 4.99 Å². The summed E-state index contributed by atoms with van der Waals surface area (Å²) >= 11 is 1.47. The maximum atomic E-state index is 10.8. The van der Waals surface area contributed by atoms with Crippen LogP contribution in [0, 0.1) is 0 Å². The van der Waals surface area contributed by atoms with E-state index in [0.717, 1.165) is 6.29 Å². The zero-order valence-corrected chi connectivity index (χ0v) is 14.4. The highest BCUT2D eigenvalue weighted by Gasteiger charge is 2.23. The van der Waals surface area contributed by atoms with E-state index in [1.165, 1.54) is 11.8 Å². The lowest BCUT2D eigenvalue weighted by Crippen LogP contribution is -2.30. The summed E-state index contributed by atoms with van der Waals surface area (Å²) in [5.41, 5.74) is 2.83. The summed E-state index contributed by atoms with van der Waals surface area (Å²) < 4.78 is 5.92. The number of ether oxygens (including phenoxy) is 1. The van der Waals surface area contributed by atoms with Gasteiger partial charge in [0.2, 0.25) is 0 Å². The Kier molecular flexibility index (Phi) is 6.04. The van der Waals surface area contributed by atoms with E-state index in [9.17, 15) is 9.90 Å². The largest absolute Gasteiger partial charge is 0.507 e. The normalized spacial score (nSPS) is 17.9. The number of aldehydes is 1. The Hall–Kier alpha value is -1.57. The van der Waals surface area contributed by atoms with Crippen LogP contribution in [0.25, 0.3) is 0 Å². The van der Waals surface area contributed by atoms with E-state index < -0.39 is 5.60 Å². The fraction of sp³-hybridized carbons (Fsp3) is 0.500. The number of aliphatic imine (C=N–C) groups is 1. The van der Waals surface area contributed by atoms with Gasteiger partial charge in [-0.1, -0.05) is 0 Å². The molecule has 0 aromatic heterocycles. The van der Waals surface area contributed by atoms with Crippen molar-refractivity contribution in [1.82, 2.24) is 5.48 Å². The fourth-order valence-electron chi connectivity index (χ4n) is 2.13. The molecular weight excluding hydrogens is 316 g/mol. The van der Waals surface area contributed by atoms with E-state index in [1.54, 1.807) is 25.2 Å². The standard InChI is InChI=1S/C16H22N2O4S/c1-16(2,6-7-21-17-3)22-12-4-5-13(14(20)8-12)15-18-11(9-19)10-23-15/h4-5,8-9,11,17,20H,6-7,10H2,1-3H3. The summed E-state index contributed by atoms with van der Waals surface area (Å²) in [7, 11) is 1.71. The Morgan fingerprint density at radius 1 is 1.52 bits per heavy atom. The van der Waals surface area contributed by atoms with Crippen molar-refractivity contribution in [1.29, 1.82) is 0 Å². The second-order valence-electron chi connectivity index (χ2n) is 5.79. The van der Waals surface area contributed by atoms with Crippen LogP contribution >= 0.6 is 11.8 Å². The van der Waals surface area contributed by atoms with Crippen molar-refractivity contribution in [2.75, 3.05) is 19.4 Å².